The van der Waals surface area contributed by atoms with Gasteiger partial charge in [-0.15, -0.1) is 11.3 Å². The van der Waals surface area contributed by atoms with Crippen LogP contribution in [0.3, 0.4) is 0 Å². The summed E-state index contributed by atoms with van der Waals surface area (Å²) in [5.74, 6) is 1.88. The van der Waals surface area contributed by atoms with Gasteiger partial charge in [-0.05, 0) is 47.7 Å². The Morgan fingerprint density at radius 3 is 2.53 bits per heavy atom. The number of thiophene rings is 1. The van der Waals surface area contributed by atoms with Crippen LogP contribution >= 0.6 is 11.3 Å². The molecule has 8 nitrogen and oxygen atoms in total. The van der Waals surface area contributed by atoms with E-state index in [1.54, 1.807) is 32.5 Å². The number of nitrogens with one attached hydrogen (secondary N) is 1. The number of anilines is 1. The Kier molecular flexibility index (Phi) is 7.64. The van der Waals surface area contributed by atoms with Crippen LogP contribution in [0.1, 0.15) is 25.6 Å². The first-order valence-corrected chi connectivity index (χ1v) is 12.0. The van der Waals surface area contributed by atoms with E-state index in [1.165, 1.54) is 11.3 Å². The second kappa shape index (κ2) is 11.0. The average Bonchev–Trinajstić information content (AvgIpc) is 3.43. The Balaban J connectivity index is 1.35. The van der Waals surface area contributed by atoms with E-state index in [0.29, 0.717) is 62.0 Å². The maximum atomic E-state index is 13.0. The minimum Gasteiger partial charge on any atom is -0.493 e. The lowest BCUT2D eigenvalue weighted by molar-refractivity contribution is 0.0750. The van der Waals surface area contributed by atoms with Crippen molar-refractivity contribution in [1.29, 1.82) is 0 Å². The molecule has 0 saturated carbocycles. The Labute approximate surface area is 203 Å². The quantitative estimate of drug-likeness (QED) is 0.534. The van der Waals surface area contributed by atoms with Gasteiger partial charge in [-0.3, -0.25) is 9.59 Å². The average molecular weight is 481 g/mol. The predicted octanol–water partition coefficient (Wildman–Crippen LogP) is 3.10. The second-order valence-corrected chi connectivity index (χ2v) is 8.77. The third-order valence-electron chi connectivity index (χ3n) is 5.78. The fraction of sp³-hybridized carbons (Fsp3) is 0.320. The molecule has 0 aliphatic carbocycles. The van der Waals surface area contributed by atoms with Crippen molar-refractivity contribution in [3.8, 4) is 11.5 Å². The molecule has 0 spiro atoms. The predicted molar refractivity (Wildman–Crippen MR) is 132 cm³/mol. The fourth-order valence-electron chi connectivity index (χ4n) is 3.96. The summed E-state index contributed by atoms with van der Waals surface area (Å²) in [5.41, 5.74) is 1.57. The van der Waals surface area contributed by atoms with E-state index in [-0.39, 0.29) is 11.8 Å². The molecule has 3 aromatic rings. The summed E-state index contributed by atoms with van der Waals surface area (Å²) in [4.78, 5) is 34.7. The number of nitrogens with zero attached hydrogens (tertiary/aromatic N) is 3. The number of pyridine rings is 1. The first-order valence-electron chi connectivity index (χ1n) is 11.1. The molecule has 2 amide bonds. The Bertz CT molecular complexity index is 1130. The van der Waals surface area contributed by atoms with Gasteiger partial charge in [-0.25, -0.2) is 4.98 Å². The second-order valence-electron chi connectivity index (χ2n) is 7.83. The van der Waals surface area contributed by atoms with Gasteiger partial charge in [0.05, 0.1) is 24.7 Å². The van der Waals surface area contributed by atoms with Gasteiger partial charge in [-0.2, -0.15) is 0 Å². The summed E-state index contributed by atoms with van der Waals surface area (Å²) in [6, 6.07) is 13.0. The third kappa shape index (κ3) is 5.31. The number of benzene rings is 1. The molecular weight excluding hydrogens is 452 g/mol. The molecule has 1 aliphatic heterocycles. The third-order valence-corrected chi connectivity index (χ3v) is 6.63. The summed E-state index contributed by atoms with van der Waals surface area (Å²) in [6.45, 7) is 2.91. The number of piperazine rings is 1. The molecule has 1 aliphatic rings. The molecule has 178 valence electrons. The first-order chi connectivity index (χ1) is 16.6. The molecule has 4 rings (SSSR count). The highest BCUT2D eigenvalue weighted by Gasteiger charge is 2.25. The smallest absolute Gasteiger partial charge is 0.264 e. The minimum absolute atomic E-state index is 0.0591. The normalized spacial score (nSPS) is 13.5. The molecule has 2 aromatic heterocycles. The zero-order chi connectivity index (χ0) is 23.9. The van der Waals surface area contributed by atoms with Crippen molar-refractivity contribution in [3.05, 3.63) is 70.0 Å². The first kappa shape index (κ1) is 23.6. The highest BCUT2D eigenvalue weighted by Crippen LogP contribution is 2.27. The lowest BCUT2D eigenvalue weighted by atomic mass is 10.1. The van der Waals surface area contributed by atoms with Crippen LogP contribution in [0.4, 0.5) is 5.82 Å². The lowest BCUT2D eigenvalue weighted by Crippen LogP contribution is -2.49. The van der Waals surface area contributed by atoms with Gasteiger partial charge in [0, 0.05) is 38.9 Å². The van der Waals surface area contributed by atoms with Crippen LogP contribution in [0, 0.1) is 0 Å². The molecular formula is C25H28N4O4S. The van der Waals surface area contributed by atoms with Crippen molar-refractivity contribution < 1.29 is 19.1 Å². The van der Waals surface area contributed by atoms with E-state index in [9.17, 15) is 9.59 Å². The number of rotatable bonds is 8. The monoisotopic (exact) mass is 480 g/mol. The van der Waals surface area contributed by atoms with Gasteiger partial charge in [0.25, 0.3) is 11.8 Å². The molecule has 1 N–H and O–H groups in total. The highest BCUT2D eigenvalue weighted by molar-refractivity contribution is 7.12. The van der Waals surface area contributed by atoms with Crippen LogP contribution in [0.25, 0.3) is 0 Å². The van der Waals surface area contributed by atoms with Crippen LogP contribution in [0.5, 0.6) is 11.5 Å². The van der Waals surface area contributed by atoms with E-state index < -0.39 is 0 Å². The van der Waals surface area contributed by atoms with E-state index in [4.69, 9.17) is 9.47 Å². The molecule has 0 bridgehead atoms. The molecule has 0 unspecified atom stereocenters. The maximum Gasteiger partial charge on any atom is 0.264 e. The van der Waals surface area contributed by atoms with Gasteiger partial charge in [0.1, 0.15) is 5.82 Å². The summed E-state index contributed by atoms with van der Waals surface area (Å²) in [5, 5.41) is 4.91. The van der Waals surface area contributed by atoms with Crippen molar-refractivity contribution in [2.24, 2.45) is 0 Å². The molecule has 0 radical (unpaired) electrons. The van der Waals surface area contributed by atoms with Gasteiger partial charge >= 0.3 is 0 Å². The van der Waals surface area contributed by atoms with E-state index in [0.717, 1.165) is 10.4 Å². The van der Waals surface area contributed by atoms with Crippen molar-refractivity contribution in [2.45, 2.75) is 6.42 Å². The van der Waals surface area contributed by atoms with Crippen molar-refractivity contribution >= 4 is 29.0 Å². The van der Waals surface area contributed by atoms with Crippen LogP contribution in [-0.4, -0.2) is 68.6 Å². The molecule has 0 atom stereocenters. The molecule has 1 saturated heterocycles. The van der Waals surface area contributed by atoms with E-state index in [2.05, 4.69) is 15.2 Å². The number of amides is 2. The van der Waals surface area contributed by atoms with Crippen LogP contribution < -0.4 is 19.7 Å². The molecule has 1 fully saturated rings. The van der Waals surface area contributed by atoms with E-state index >= 15 is 0 Å². The lowest BCUT2D eigenvalue weighted by Gasteiger charge is -2.35. The van der Waals surface area contributed by atoms with Crippen molar-refractivity contribution in [1.82, 2.24) is 15.2 Å². The number of hydrogen-bond donors (Lipinski definition) is 1. The van der Waals surface area contributed by atoms with Crippen LogP contribution in [-0.2, 0) is 6.42 Å². The fourth-order valence-corrected chi connectivity index (χ4v) is 4.65. The standard InChI is InChI=1S/C25H28N4O4S/c1-32-20-8-7-18(17-21(20)33-2)9-11-27-24(30)19-5-3-10-26-23(19)28-12-14-29(15-13-28)25(31)22-6-4-16-34-22/h3-8,10,16-17H,9,11-15H2,1-2H3,(H,27,30). The molecule has 3 heterocycles. The number of hydrogen-bond acceptors (Lipinski definition) is 7. The zero-order valence-electron chi connectivity index (χ0n) is 19.3. The highest BCUT2D eigenvalue weighted by atomic mass is 32.1. The SMILES string of the molecule is COc1ccc(CCNC(=O)c2cccnc2N2CCN(C(=O)c3cccs3)CC2)cc1OC. The summed E-state index contributed by atoms with van der Waals surface area (Å²) < 4.78 is 10.6. The summed E-state index contributed by atoms with van der Waals surface area (Å²) in [6.07, 6.45) is 2.35. The number of ether oxygens (including phenoxy) is 2. The van der Waals surface area contributed by atoms with Crippen molar-refractivity contribution in [2.75, 3.05) is 51.8 Å². The van der Waals surface area contributed by atoms with Gasteiger partial charge in [0.2, 0.25) is 0 Å². The number of carbonyl (C=O) groups excluding carboxylic acids is 2. The van der Waals surface area contributed by atoms with E-state index in [1.807, 2.05) is 40.6 Å². The number of methoxy groups -OCH3 is 2. The van der Waals surface area contributed by atoms with Gasteiger partial charge in [-0.1, -0.05) is 12.1 Å². The van der Waals surface area contributed by atoms with Gasteiger partial charge in [0.15, 0.2) is 11.5 Å². The Morgan fingerprint density at radius 2 is 1.82 bits per heavy atom. The maximum absolute atomic E-state index is 13.0. The van der Waals surface area contributed by atoms with Crippen LogP contribution in [0.15, 0.2) is 54.0 Å². The Hall–Kier alpha value is -3.59. The molecule has 1 aromatic carbocycles. The van der Waals surface area contributed by atoms with Crippen molar-refractivity contribution in [3.63, 3.8) is 0 Å². The topological polar surface area (TPSA) is 84.0 Å². The molecule has 9 heteroatoms. The molecule has 34 heavy (non-hydrogen) atoms. The largest absolute Gasteiger partial charge is 0.493 e. The number of aromatic nitrogens is 1. The number of carbonyl (C=O) groups is 2. The van der Waals surface area contributed by atoms with Gasteiger partial charge < -0.3 is 24.6 Å². The summed E-state index contributed by atoms with van der Waals surface area (Å²) in [7, 11) is 3.20. The minimum atomic E-state index is -0.166. The van der Waals surface area contributed by atoms with Crippen LogP contribution in [0.2, 0.25) is 0 Å². The zero-order valence-corrected chi connectivity index (χ0v) is 20.1. The Morgan fingerprint density at radius 1 is 1.03 bits per heavy atom. The summed E-state index contributed by atoms with van der Waals surface area (Å²) >= 11 is 1.45.